The minimum atomic E-state index is 0.599. The Labute approximate surface area is 416 Å². The molecular weight excluding hydrogens is 873 g/mol. The molecule has 0 saturated heterocycles. The summed E-state index contributed by atoms with van der Waals surface area (Å²) >= 11 is 0. The van der Waals surface area contributed by atoms with Crippen molar-refractivity contribution in [1.82, 2.24) is 19.9 Å². The van der Waals surface area contributed by atoms with Gasteiger partial charge in [0.15, 0.2) is 17.5 Å². The standard InChI is InChI=1S/C68H42N4/c1-3-14-43(15-4-1)45-26-32-49(33-27-45)66-70-67(50-34-28-46(29-35-50)44-16-5-2-6-17-44)72-68(71-66)51-36-30-48(31-37-51)64-61-41-38-47-18-7-8-19-53(47)63(61)60-25-13-24-54(65(60)69-64)52-39-40-59-57-22-10-9-20-55(57)56-21-11-12-23-58(56)62(59)42-52/h1-42H. The molecule has 0 aliphatic heterocycles. The van der Waals surface area contributed by atoms with Crippen LogP contribution in [0.5, 0.6) is 0 Å². The molecule has 0 atom stereocenters. The molecule has 4 nitrogen and oxygen atoms in total. The van der Waals surface area contributed by atoms with Gasteiger partial charge in [-0.1, -0.05) is 249 Å². The van der Waals surface area contributed by atoms with Crippen LogP contribution < -0.4 is 0 Å². The minimum Gasteiger partial charge on any atom is -0.246 e. The van der Waals surface area contributed by atoms with Crippen LogP contribution in [0.4, 0.5) is 0 Å². The highest BCUT2D eigenvalue weighted by atomic mass is 15.0. The Morgan fingerprint density at radius 3 is 1.14 bits per heavy atom. The summed E-state index contributed by atoms with van der Waals surface area (Å²) < 4.78 is 0. The molecule has 334 valence electrons. The molecule has 72 heavy (non-hydrogen) atoms. The zero-order valence-corrected chi connectivity index (χ0v) is 39.0. The van der Waals surface area contributed by atoms with Crippen LogP contribution in [-0.4, -0.2) is 19.9 Å². The van der Waals surface area contributed by atoms with Gasteiger partial charge in [-0.15, -0.1) is 0 Å². The highest BCUT2D eigenvalue weighted by Gasteiger charge is 2.19. The van der Waals surface area contributed by atoms with Crippen molar-refractivity contribution in [3.8, 4) is 78.8 Å². The fourth-order valence-corrected chi connectivity index (χ4v) is 10.8. The highest BCUT2D eigenvalue weighted by Crippen LogP contribution is 2.43. The zero-order chi connectivity index (χ0) is 47.5. The number of hydrogen-bond acceptors (Lipinski definition) is 4. The Hall–Kier alpha value is -9.64. The Morgan fingerprint density at radius 2 is 0.597 bits per heavy atom. The van der Waals surface area contributed by atoms with Gasteiger partial charge in [-0.2, -0.15) is 0 Å². The molecule has 0 unspecified atom stereocenters. The molecule has 0 aliphatic carbocycles. The molecule has 0 spiro atoms. The predicted octanol–water partition coefficient (Wildman–Crippen LogP) is 17.9. The summed E-state index contributed by atoms with van der Waals surface area (Å²) in [7, 11) is 0. The average molecular weight is 915 g/mol. The van der Waals surface area contributed by atoms with E-state index in [0.29, 0.717) is 17.5 Å². The molecule has 2 heterocycles. The van der Waals surface area contributed by atoms with Gasteiger partial charge in [0, 0.05) is 44.0 Å². The van der Waals surface area contributed by atoms with E-state index in [1.54, 1.807) is 0 Å². The molecule has 0 fully saturated rings. The topological polar surface area (TPSA) is 51.6 Å². The van der Waals surface area contributed by atoms with E-state index < -0.39 is 0 Å². The van der Waals surface area contributed by atoms with Crippen molar-refractivity contribution in [3.63, 3.8) is 0 Å². The van der Waals surface area contributed by atoms with E-state index in [4.69, 9.17) is 19.9 Å². The molecule has 0 N–H and O–H groups in total. The van der Waals surface area contributed by atoms with E-state index in [-0.39, 0.29) is 0 Å². The van der Waals surface area contributed by atoms with Gasteiger partial charge in [0.2, 0.25) is 0 Å². The Morgan fingerprint density at radius 1 is 0.208 bits per heavy atom. The maximum absolute atomic E-state index is 5.68. The zero-order valence-electron chi connectivity index (χ0n) is 39.0. The molecule has 0 bridgehead atoms. The van der Waals surface area contributed by atoms with Crippen LogP contribution in [0.3, 0.4) is 0 Å². The van der Waals surface area contributed by atoms with Crippen molar-refractivity contribution in [1.29, 1.82) is 0 Å². The molecule has 0 saturated carbocycles. The van der Waals surface area contributed by atoms with E-state index >= 15 is 0 Å². The van der Waals surface area contributed by atoms with Crippen LogP contribution in [0.15, 0.2) is 255 Å². The summed E-state index contributed by atoms with van der Waals surface area (Å²) in [6, 6.07) is 90.6. The van der Waals surface area contributed by atoms with Crippen molar-refractivity contribution in [2.45, 2.75) is 0 Å². The lowest BCUT2D eigenvalue weighted by molar-refractivity contribution is 1.07. The molecule has 2 aromatic heterocycles. The summed E-state index contributed by atoms with van der Waals surface area (Å²) in [6.45, 7) is 0. The maximum Gasteiger partial charge on any atom is 0.164 e. The largest absolute Gasteiger partial charge is 0.246 e. The monoisotopic (exact) mass is 914 g/mol. The van der Waals surface area contributed by atoms with Crippen molar-refractivity contribution in [2.24, 2.45) is 0 Å². The smallest absolute Gasteiger partial charge is 0.164 e. The molecule has 0 amide bonds. The summed E-state index contributed by atoms with van der Waals surface area (Å²) in [5, 5.41) is 13.3. The molecule has 4 heteroatoms. The molecular formula is C68H42N4. The normalized spacial score (nSPS) is 11.6. The third-order valence-electron chi connectivity index (χ3n) is 14.3. The number of para-hydroxylation sites is 1. The third-order valence-corrected chi connectivity index (χ3v) is 14.3. The first-order valence-electron chi connectivity index (χ1n) is 24.4. The van der Waals surface area contributed by atoms with E-state index in [2.05, 4.69) is 243 Å². The SMILES string of the molecule is c1ccc(-c2ccc(-c3nc(-c4ccc(-c5ccccc5)cc4)nc(-c4ccc(-c5nc6c(-c7ccc8c9ccccc9c9ccccc9c8c7)cccc6c6c5ccc5ccccc56)cc4)n3)cc2)cc1. The number of rotatable bonds is 7. The van der Waals surface area contributed by atoms with Gasteiger partial charge >= 0.3 is 0 Å². The fourth-order valence-electron chi connectivity index (χ4n) is 10.8. The Kier molecular flexibility index (Phi) is 9.82. The maximum atomic E-state index is 5.68. The van der Waals surface area contributed by atoms with Crippen molar-refractivity contribution < 1.29 is 0 Å². The molecule has 14 aromatic rings. The van der Waals surface area contributed by atoms with Crippen molar-refractivity contribution in [3.05, 3.63) is 255 Å². The third kappa shape index (κ3) is 7.08. The molecule has 0 aliphatic rings. The lowest BCUT2D eigenvalue weighted by Crippen LogP contribution is -2.00. The summed E-state index contributed by atoms with van der Waals surface area (Å²) in [6.07, 6.45) is 0. The van der Waals surface area contributed by atoms with E-state index in [0.717, 1.165) is 77.6 Å². The van der Waals surface area contributed by atoms with Gasteiger partial charge in [0.05, 0.1) is 11.2 Å². The molecule has 0 radical (unpaired) electrons. The molecule has 14 rings (SSSR count). The van der Waals surface area contributed by atoms with Gasteiger partial charge in [-0.3, -0.25) is 0 Å². The number of fused-ring (bicyclic) bond motifs is 11. The Balaban J connectivity index is 0.915. The fraction of sp³-hybridized carbons (Fsp3) is 0. The first kappa shape index (κ1) is 41.3. The molecule has 12 aromatic carbocycles. The lowest BCUT2D eigenvalue weighted by atomic mass is 9.90. The number of hydrogen-bond donors (Lipinski definition) is 0. The van der Waals surface area contributed by atoms with Crippen LogP contribution in [0, 0.1) is 0 Å². The first-order valence-corrected chi connectivity index (χ1v) is 24.4. The van der Waals surface area contributed by atoms with E-state index in [1.807, 2.05) is 12.1 Å². The summed E-state index contributed by atoms with van der Waals surface area (Å²) in [5.74, 6) is 1.83. The first-order chi connectivity index (χ1) is 35.7. The van der Waals surface area contributed by atoms with Gasteiger partial charge in [-0.25, -0.2) is 19.9 Å². The minimum absolute atomic E-state index is 0.599. The number of benzene rings is 12. The number of nitrogens with zero attached hydrogens (tertiary/aromatic N) is 4. The predicted molar refractivity (Wildman–Crippen MR) is 301 cm³/mol. The Bertz CT molecular complexity index is 4260. The van der Waals surface area contributed by atoms with Crippen LogP contribution in [0.1, 0.15) is 0 Å². The van der Waals surface area contributed by atoms with Crippen LogP contribution in [-0.2, 0) is 0 Å². The van der Waals surface area contributed by atoms with Gasteiger partial charge in [-0.05, 0) is 77.0 Å². The average Bonchev–Trinajstić information content (AvgIpc) is 3.47. The quantitative estimate of drug-likeness (QED) is 0.150. The second-order valence-electron chi connectivity index (χ2n) is 18.5. The van der Waals surface area contributed by atoms with Gasteiger partial charge in [0.1, 0.15) is 0 Å². The summed E-state index contributed by atoms with van der Waals surface area (Å²) in [4.78, 5) is 21.1. The van der Waals surface area contributed by atoms with E-state index in [1.165, 1.54) is 48.5 Å². The number of aromatic nitrogens is 4. The highest BCUT2D eigenvalue weighted by molar-refractivity contribution is 6.27. The van der Waals surface area contributed by atoms with Crippen LogP contribution in [0.2, 0.25) is 0 Å². The summed E-state index contributed by atoms with van der Waals surface area (Å²) in [5.41, 5.74) is 12.4. The van der Waals surface area contributed by atoms with Crippen LogP contribution >= 0.6 is 0 Å². The lowest BCUT2D eigenvalue weighted by Gasteiger charge is -2.16. The number of pyridine rings is 1. The van der Waals surface area contributed by atoms with Gasteiger partial charge < -0.3 is 0 Å². The van der Waals surface area contributed by atoms with Crippen molar-refractivity contribution in [2.75, 3.05) is 0 Å². The van der Waals surface area contributed by atoms with Crippen molar-refractivity contribution >= 4 is 64.8 Å². The van der Waals surface area contributed by atoms with Gasteiger partial charge in [0.25, 0.3) is 0 Å². The second-order valence-corrected chi connectivity index (χ2v) is 18.5. The van der Waals surface area contributed by atoms with E-state index in [9.17, 15) is 0 Å². The second kappa shape index (κ2) is 17.1. The van der Waals surface area contributed by atoms with Crippen LogP contribution in [0.25, 0.3) is 144 Å².